The second-order valence-corrected chi connectivity index (χ2v) is 5.43. The van der Waals surface area contributed by atoms with Crippen LogP contribution in [0, 0.1) is 5.82 Å². The zero-order valence-electron chi connectivity index (χ0n) is 10.8. The quantitative estimate of drug-likeness (QED) is 0.694. The third-order valence-corrected chi connectivity index (χ3v) is 4.12. The van der Waals surface area contributed by atoms with Crippen LogP contribution in [-0.4, -0.2) is 13.2 Å². The summed E-state index contributed by atoms with van der Waals surface area (Å²) in [6.07, 6.45) is 0. The lowest BCUT2D eigenvalue weighted by atomic mass is 10.2. The fourth-order valence-electron chi connectivity index (χ4n) is 1.99. The Morgan fingerprint density at radius 2 is 1.80 bits per heavy atom. The number of nitrogen functional groups attached to an aromatic ring is 1. The van der Waals surface area contributed by atoms with Crippen LogP contribution in [-0.2, 0) is 5.75 Å². The van der Waals surface area contributed by atoms with Crippen LogP contribution in [0.2, 0.25) is 0 Å². The summed E-state index contributed by atoms with van der Waals surface area (Å²) < 4.78 is 24.6. The summed E-state index contributed by atoms with van der Waals surface area (Å²) in [7, 11) is 0. The molecule has 0 aromatic heterocycles. The van der Waals surface area contributed by atoms with Gasteiger partial charge in [-0.15, -0.1) is 11.8 Å². The van der Waals surface area contributed by atoms with E-state index in [-0.39, 0.29) is 5.82 Å². The van der Waals surface area contributed by atoms with Gasteiger partial charge in [0.2, 0.25) is 0 Å². The Morgan fingerprint density at radius 1 is 1.10 bits per heavy atom. The van der Waals surface area contributed by atoms with Gasteiger partial charge in [0.15, 0.2) is 11.5 Å². The molecule has 0 atom stereocenters. The third kappa shape index (κ3) is 2.67. The molecule has 3 nitrogen and oxygen atoms in total. The number of halogens is 1. The highest BCUT2D eigenvalue weighted by Gasteiger charge is 2.15. The molecule has 104 valence electrons. The molecule has 0 aliphatic carbocycles. The van der Waals surface area contributed by atoms with Gasteiger partial charge in [-0.25, -0.2) is 4.39 Å². The van der Waals surface area contributed by atoms with Crippen molar-refractivity contribution < 1.29 is 13.9 Å². The molecule has 0 unspecified atom stereocenters. The molecular weight excluding hydrogens is 277 g/mol. The Bertz CT molecular complexity index is 633. The van der Waals surface area contributed by atoms with Gasteiger partial charge in [-0.1, -0.05) is 12.1 Å². The van der Waals surface area contributed by atoms with Crippen LogP contribution >= 0.6 is 11.8 Å². The fraction of sp³-hybridized carbons (Fsp3) is 0.200. The van der Waals surface area contributed by atoms with Gasteiger partial charge < -0.3 is 15.2 Å². The van der Waals surface area contributed by atoms with E-state index in [0.29, 0.717) is 41.0 Å². The van der Waals surface area contributed by atoms with Crippen molar-refractivity contribution in [3.63, 3.8) is 0 Å². The highest BCUT2D eigenvalue weighted by atomic mass is 32.2. The minimum atomic E-state index is -0.214. The molecule has 0 radical (unpaired) electrons. The van der Waals surface area contributed by atoms with Crippen molar-refractivity contribution in [2.45, 2.75) is 10.6 Å². The van der Waals surface area contributed by atoms with Crippen molar-refractivity contribution in [2.75, 3.05) is 18.9 Å². The number of benzene rings is 2. The average molecular weight is 291 g/mol. The van der Waals surface area contributed by atoms with Gasteiger partial charge in [-0.3, -0.25) is 0 Å². The van der Waals surface area contributed by atoms with Crippen molar-refractivity contribution in [1.82, 2.24) is 0 Å². The minimum Gasteiger partial charge on any atom is -0.486 e. The number of thioether (sulfide) groups is 1. The largest absolute Gasteiger partial charge is 0.486 e. The van der Waals surface area contributed by atoms with E-state index in [1.807, 2.05) is 12.1 Å². The Kier molecular flexibility index (Phi) is 3.69. The summed E-state index contributed by atoms with van der Waals surface area (Å²) in [4.78, 5) is 0.613. The molecule has 2 aromatic rings. The van der Waals surface area contributed by atoms with Crippen LogP contribution in [0.5, 0.6) is 11.5 Å². The van der Waals surface area contributed by atoms with Crippen LogP contribution < -0.4 is 15.2 Å². The maximum absolute atomic E-state index is 13.6. The van der Waals surface area contributed by atoms with Crippen molar-refractivity contribution in [1.29, 1.82) is 0 Å². The molecule has 3 rings (SSSR count). The lowest BCUT2D eigenvalue weighted by molar-refractivity contribution is 0.171. The molecule has 1 aliphatic heterocycles. The Balaban J connectivity index is 1.79. The first kappa shape index (κ1) is 13.1. The Labute approximate surface area is 120 Å². The molecule has 1 heterocycles. The number of hydrogen-bond acceptors (Lipinski definition) is 4. The number of rotatable bonds is 3. The second kappa shape index (κ2) is 5.63. The van der Waals surface area contributed by atoms with Crippen LogP contribution in [0.1, 0.15) is 5.56 Å². The molecule has 20 heavy (non-hydrogen) atoms. The van der Waals surface area contributed by atoms with Gasteiger partial charge in [0.25, 0.3) is 0 Å². The molecule has 1 aliphatic rings. The van der Waals surface area contributed by atoms with E-state index in [4.69, 9.17) is 15.2 Å². The molecule has 0 fully saturated rings. The predicted molar refractivity (Wildman–Crippen MR) is 77.8 cm³/mol. The number of anilines is 1. The summed E-state index contributed by atoms with van der Waals surface area (Å²) in [6.45, 7) is 1.08. The number of fused-ring (bicyclic) bond motifs is 1. The van der Waals surface area contributed by atoms with Gasteiger partial charge in [0.1, 0.15) is 19.0 Å². The normalized spacial score (nSPS) is 13.2. The van der Waals surface area contributed by atoms with E-state index in [9.17, 15) is 4.39 Å². The Hall–Kier alpha value is -1.88. The van der Waals surface area contributed by atoms with Crippen molar-refractivity contribution >= 4 is 17.4 Å². The van der Waals surface area contributed by atoms with E-state index in [0.717, 1.165) is 5.56 Å². The monoisotopic (exact) mass is 291 g/mol. The summed E-state index contributed by atoms with van der Waals surface area (Å²) in [5.74, 6) is 1.75. The van der Waals surface area contributed by atoms with Gasteiger partial charge in [-0.05, 0) is 23.8 Å². The smallest absolute Gasteiger partial charge is 0.163 e. The second-order valence-electron chi connectivity index (χ2n) is 4.41. The van der Waals surface area contributed by atoms with Crippen molar-refractivity contribution in [3.05, 3.63) is 47.8 Å². The van der Waals surface area contributed by atoms with Crippen molar-refractivity contribution in [2.24, 2.45) is 0 Å². The summed E-state index contributed by atoms with van der Waals surface area (Å²) in [5.41, 5.74) is 7.56. The zero-order chi connectivity index (χ0) is 13.9. The first-order chi connectivity index (χ1) is 9.74. The maximum Gasteiger partial charge on any atom is 0.163 e. The lowest BCUT2D eigenvalue weighted by Crippen LogP contribution is -2.15. The zero-order valence-corrected chi connectivity index (χ0v) is 11.6. The number of ether oxygens (including phenoxy) is 2. The summed E-state index contributed by atoms with van der Waals surface area (Å²) in [5, 5.41) is 0. The highest BCUT2D eigenvalue weighted by Crippen LogP contribution is 2.37. The molecule has 2 N–H and O–H groups in total. The fourth-order valence-corrected chi connectivity index (χ4v) is 2.93. The summed E-state index contributed by atoms with van der Waals surface area (Å²) in [6, 6.07) is 10.4. The number of nitrogens with two attached hydrogens (primary N) is 1. The van der Waals surface area contributed by atoms with E-state index >= 15 is 0 Å². The topological polar surface area (TPSA) is 44.5 Å². The highest BCUT2D eigenvalue weighted by molar-refractivity contribution is 7.98. The third-order valence-electron chi connectivity index (χ3n) is 3.02. The van der Waals surface area contributed by atoms with Gasteiger partial charge in [-0.2, -0.15) is 0 Å². The van der Waals surface area contributed by atoms with E-state index < -0.39 is 0 Å². The van der Waals surface area contributed by atoms with E-state index in [1.165, 1.54) is 17.8 Å². The lowest BCUT2D eigenvalue weighted by Gasteiger charge is -2.20. The van der Waals surface area contributed by atoms with Gasteiger partial charge in [0.05, 0.1) is 0 Å². The summed E-state index contributed by atoms with van der Waals surface area (Å²) >= 11 is 1.41. The van der Waals surface area contributed by atoms with Crippen molar-refractivity contribution in [3.8, 4) is 11.5 Å². The standard InChI is InChI=1S/C15H14FNO2S/c16-11-3-1-2-4-15(11)20-9-10-7-13-14(8-12(10)17)19-6-5-18-13/h1-4,7-8H,5-6,9,17H2. The van der Waals surface area contributed by atoms with Crippen LogP contribution in [0.4, 0.5) is 10.1 Å². The van der Waals surface area contributed by atoms with Gasteiger partial charge >= 0.3 is 0 Å². The first-order valence-electron chi connectivity index (χ1n) is 6.29. The molecular formula is C15H14FNO2S. The van der Waals surface area contributed by atoms with Crippen LogP contribution in [0.15, 0.2) is 41.3 Å². The SMILES string of the molecule is Nc1cc2c(cc1CSc1ccccc1F)OCCO2. The molecule has 5 heteroatoms. The molecule has 0 saturated heterocycles. The van der Waals surface area contributed by atoms with E-state index in [2.05, 4.69) is 0 Å². The molecule has 2 aromatic carbocycles. The van der Waals surface area contributed by atoms with E-state index in [1.54, 1.807) is 18.2 Å². The molecule has 0 saturated carbocycles. The molecule has 0 bridgehead atoms. The van der Waals surface area contributed by atoms with Crippen LogP contribution in [0.25, 0.3) is 0 Å². The predicted octanol–water partition coefficient (Wildman–Crippen LogP) is 3.47. The minimum absolute atomic E-state index is 0.214. The maximum atomic E-state index is 13.6. The number of hydrogen-bond donors (Lipinski definition) is 1. The molecule has 0 spiro atoms. The first-order valence-corrected chi connectivity index (χ1v) is 7.28. The van der Waals surface area contributed by atoms with Gasteiger partial charge in [0, 0.05) is 22.4 Å². The average Bonchev–Trinajstić information content (AvgIpc) is 2.46. The van der Waals surface area contributed by atoms with Crippen LogP contribution in [0.3, 0.4) is 0 Å². The molecule has 0 amide bonds. The Morgan fingerprint density at radius 3 is 2.55 bits per heavy atom.